The molecular weight excluding hydrogens is 328 g/mol. The number of carbonyl (C=O) groups excluding carboxylic acids is 1. The molecule has 1 aromatic carbocycles. The lowest BCUT2D eigenvalue weighted by molar-refractivity contribution is 0.102. The zero-order valence-corrected chi connectivity index (χ0v) is 15.4. The van der Waals surface area contributed by atoms with Crippen LogP contribution in [-0.2, 0) is 25.7 Å². The molecular formula is C21H24N2O3. The summed E-state index contributed by atoms with van der Waals surface area (Å²) in [6, 6.07) is 5.26. The number of amides is 1. The van der Waals surface area contributed by atoms with Gasteiger partial charge in [0.2, 0.25) is 0 Å². The van der Waals surface area contributed by atoms with Crippen LogP contribution in [0.25, 0.3) is 0 Å². The van der Waals surface area contributed by atoms with E-state index in [-0.39, 0.29) is 5.91 Å². The number of methoxy groups -OCH3 is 2. The molecule has 2 aromatic rings. The minimum Gasteiger partial charge on any atom is -0.493 e. The lowest BCUT2D eigenvalue weighted by Gasteiger charge is -2.22. The largest absolute Gasteiger partial charge is 0.493 e. The average molecular weight is 352 g/mol. The third-order valence-corrected chi connectivity index (χ3v) is 5.39. The summed E-state index contributed by atoms with van der Waals surface area (Å²) in [5, 5.41) is 3.20. The number of carbonyl (C=O) groups is 1. The Morgan fingerprint density at radius 1 is 0.923 bits per heavy atom. The molecule has 0 saturated carbocycles. The molecule has 0 atom stereocenters. The van der Waals surface area contributed by atoms with Crippen LogP contribution in [0.1, 0.15) is 52.1 Å². The Morgan fingerprint density at radius 3 is 2.31 bits per heavy atom. The van der Waals surface area contributed by atoms with Crippen LogP contribution in [0.4, 0.5) is 5.69 Å². The number of nitrogens with zero attached hydrogens (tertiary/aromatic N) is 1. The highest BCUT2D eigenvalue weighted by atomic mass is 16.5. The summed E-state index contributed by atoms with van der Waals surface area (Å²) in [6.45, 7) is 0. The van der Waals surface area contributed by atoms with Crippen molar-refractivity contribution >= 4 is 11.6 Å². The molecule has 4 rings (SSSR count). The smallest absolute Gasteiger partial charge is 0.255 e. The Balaban J connectivity index is 1.69. The van der Waals surface area contributed by atoms with E-state index in [4.69, 9.17) is 14.5 Å². The van der Waals surface area contributed by atoms with Crippen molar-refractivity contribution in [2.75, 3.05) is 19.5 Å². The predicted octanol–water partition coefficient (Wildman–Crippen LogP) is 3.72. The highest BCUT2D eigenvalue weighted by molar-refractivity contribution is 6.05. The maximum Gasteiger partial charge on any atom is 0.255 e. The van der Waals surface area contributed by atoms with Gasteiger partial charge in [-0.05, 0) is 74.3 Å². The van der Waals surface area contributed by atoms with E-state index < -0.39 is 0 Å². The molecule has 26 heavy (non-hydrogen) atoms. The van der Waals surface area contributed by atoms with Gasteiger partial charge in [-0.3, -0.25) is 9.78 Å². The van der Waals surface area contributed by atoms with Crippen LogP contribution >= 0.6 is 0 Å². The summed E-state index contributed by atoms with van der Waals surface area (Å²) in [6.07, 6.45) is 7.48. The summed E-state index contributed by atoms with van der Waals surface area (Å²) >= 11 is 0. The van der Waals surface area contributed by atoms with Gasteiger partial charge in [0.25, 0.3) is 5.91 Å². The number of aromatic nitrogens is 1. The van der Waals surface area contributed by atoms with Crippen molar-refractivity contribution in [1.29, 1.82) is 0 Å². The molecule has 1 N–H and O–H groups in total. The lowest BCUT2D eigenvalue weighted by atomic mass is 9.92. The lowest BCUT2D eigenvalue weighted by Crippen LogP contribution is -2.19. The van der Waals surface area contributed by atoms with Crippen LogP contribution in [0.2, 0.25) is 0 Å². The number of benzene rings is 1. The highest BCUT2D eigenvalue weighted by Crippen LogP contribution is 2.36. The van der Waals surface area contributed by atoms with Gasteiger partial charge in [0.05, 0.1) is 19.9 Å². The third-order valence-electron chi connectivity index (χ3n) is 5.39. The van der Waals surface area contributed by atoms with Crippen LogP contribution in [-0.4, -0.2) is 25.1 Å². The number of ether oxygens (including phenoxy) is 2. The number of pyridine rings is 1. The second-order valence-corrected chi connectivity index (χ2v) is 6.92. The van der Waals surface area contributed by atoms with E-state index in [0.717, 1.165) is 44.2 Å². The van der Waals surface area contributed by atoms with Gasteiger partial charge in [-0.2, -0.15) is 0 Å². The van der Waals surface area contributed by atoms with Gasteiger partial charge in [-0.15, -0.1) is 0 Å². The highest BCUT2D eigenvalue weighted by Gasteiger charge is 2.25. The summed E-state index contributed by atoms with van der Waals surface area (Å²) in [4.78, 5) is 17.8. The van der Waals surface area contributed by atoms with E-state index in [1.54, 1.807) is 32.4 Å². The fourth-order valence-electron chi connectivity index (χ4n) is 4.06. The molecule has 1 heterocycles. The average Bonchev–Trinajstić information content (AvgIpc) is 3.15. The SMILES string of the molecule is COc1ccc(C(=O)Nc2c3c(nc4c2CCC4)CCCC3)cc1OC. The first-order valence-electron chi connectivity index (χ1n) is 9.28. The van der Waals surface area contributed by atoms with Crippen LogP contribution in [0.15, 0.2) is 18.2 Å². The fraction of sp³-hybridized carbons (Fsp3) is 0.429. The molecule has 2 aliphatic carbocycles. The second-order valence-electron chi connectivity index (χ2n) is 6.92. The monoisotopic (exact) mass is 352 g/mol. The molecule has 0 unspecified atom stereocenters. The molecule has 5 heteroatoms. The number of anilines is 1. The van der Waals surface area contributed by atoms with Crippen molar-refractivity contribution in [3.05, 3.63) is 46.3 Å². The molecule has 1 aromatic heterocycles. The number of hydrogen-bond donors (Lipinski definition) is 1. The van der Waals surface area contributed by atoms with E-state index in [0.29, 0.717) is 17.1 Å². The Morgan fingerprint density at radius 2 is 1.58 bits per heavy atom. The van der Waals surface area contributed by atoms with Crippen LogP contribution in [0.5, 0.6) is 11.5 Å². The van der Waals surface area contributed by atoms with E-state index in [1.165, 1.54) is 28.9 Å². The first-order chi connectivity index (χ1) is 12.7. The van der Waals surface area contributed by atoms with Gasteiger partial charge in [0, 0.05) is 17.0 Å². The molecule has 0 bridgehead atoms. The van der Waals surface area contributed by atoms with Crippen LogP contribution in [0, 0.1) is 0 Å². The number of aryl methyl sites for hydroxylation is 2. The minimum absolute atomic E-state index is 0.112. The molecule has 0 radical (unpaired) electrons. The summed E-state index contributed by atoms with van der Waals surface area (Å²) in [7, 11) is 3.16. The second kappa shape index (κ2) is 6.98. The zero-order chi connectivity index (χ0) is 18.1. The summed E-state index contributed by atoms with van der Waals surface area (Å²) in [5.41, 5.74) is 6.41. The molecule has 2 aliphatic rings. The maximum atomic E-state index is 12.9. The molecule has 0 saturated heterocycles. The Hall–Kier alpha value is -2.56. The van der Waals surface area contributed by atoms with Crippen molar-refractivity contribution in [2.45, 2.75) is 44.9 Å². The standard InChI is InChI=1S/C21H24N2O3/c1-25-18-11-10-13(12-19(18)26-2)21(24)23-20-14-6-3-4-8-16(14)22-17-9-5-7-15(17)20/h10-12H,3-9H2,1-2H3,(H,22,23,24). The molecule has 0 fully saturated rings. The van der Waals surface area contributed by atoms with Crippen molar-refractivity contribution in [3.8, 4) is 11.5 Å². The number of rotatable bonds is 4. The van der Waals surface area contributed by atoms with Crippen molar-refractivity contribution in [2.24, 2.45) is 0 Å². The van der Waals surface area contributed by atoms with E-state index in [9.17, 15) is 4.79 Å². The van der Waals surface area contributed by atoms with Crippen molar-refractivity contribution in [1.82, 2.24) is 4.98 Å². The maximum absolute atomic E-state index is 12.9. The summed E-state index contributed by atoms with van der Waals surface area (Å²) < 4.78 is 10.6. The van der Waals surface area contributed by atoms with Crippen LogP contribution < -0.4 is 14.8 Å². The number of hydrogen-bond acceptors (Lipinski definition) is 4. The topological polar surface area (TPSA) is 60.5 Å². The first kappa shape index (κ1) is 16.9. The molecule has 0 aliphatic heterocycles. The third kappa shape index (κ3) is 2.91. The molecule has 5 nitrogen and oxygen atoms in total. The van der Waals surface area contributed by atoms with Gasteiger partial charge in [-0.1, -0.05) is 0 Å². The van der Waals surface area contributed by atoms with E-state index in [2.05, 4.69) is 5.32 Å². The van der Waals surface area contributed by atoms with E-state index in [1.807, 2.05) is 0 Å². The van der Waals surface area contributed by atoms with Gasteiger partial charge in [0.1, 0.15) is 0 Å². The minimum atomic E-state index is -0.112. The molecule has 136 valence electrons. The quantitative estimate of drug-likeness (QED) is 0.911. The van der Waals surface area contributed by atoms with Crippen molar-refractivity contribution < 1.29 is 14.3 Å². The first-order valence-corrected chi connectivity index (χ1v) is 9.28. The summed E-state index contributed by atoms with van der Waals surface area (Å²) in [5.74, 6) is 1.06. The Bertz CT molecular complexity index is 861. The zero-order valence-electron chi connectivity index (χ0n) is 15.4. The van der Waals surface area contributed by atoms with Gasteiger partial charge in [0.15, 0.2) is 11.5 Å². The van der Waals surface area contributed by atoms with Crippen LogP contribution in [0.3, 0.4) is 0 Å². The Kier molecular flexibility index (Phi) is 4.53. The van der Waals surface area contributed by atoms with Gasteiger partial charge in [-0.25, -0.2) is 0 Å². The van der Waals surface area contributed by atoms with E-state index >= 15 is 0 Å². The normalized spacial score (nSPS) is 15.2. The number of nitrogens with one attached hydrogen (secondary N) is 1. The predicted molar refractivity (Wildman–Crippen MR) is 100 cm³/mol. The number of fused-ring (bicyclic) bond motifs is 2. The van der Waals surface area contributed by atoms with Gasteiger partial charge >= 0.3 is 0 Å². The molecule has 1 amide bonds. The Labute approximate surface area is 153 Å². The van der Waals surface area contributed by atoms with Gasteiger partial charge < -0.3 is 14.8 Å². The fourth-order valence-corrected chi connectivity index (χ4v) is 4.06. The van der Waals surface area contributed by atoms with Crippen molar-refractivity contribution in [3.63, 3.8) is 0 Å². The molecule has 0 spiro atoms.